The summed E-state index contributed by atoms with van der Waals surface area (Å²) in [4.78, 5) is 21.9. The molecule has 0 amide bonds. The van der Waals surface area contributed by atoms with Gasteiger partial charge in [-0.2, -0.15) is 0 Å². The molecule has 0 saturated heterocycles. The van der Waals surface area contributed by atoms with E-state index in [1.165, 1.54) is 0 Å². The zero-order chi connectivity index (χ0) is 13.3. The number of fused-ring (bicyclic) bond motifs is 2. The van der Waals surface area contributed by atoms with Gasteiger partial charge in [0.15, 0.2) is 6.61 Å². The molecule has 0 aliphatic heterocycles. The van der Waals surface area contributed by atoms with E-state index in [4.69, 9.17) is 5.11 Å². The van der Waals surface area contributed by atoms with E-state index in [2.05, 4.69) is 4.74 Å². The van der Waals surface area contributed by atoms with Crippen LogP contribution in [-0.4, -0.2) is 29.6 Å². The van der Waals surface area contributed by atoms with Gasteiger partial charge in [-0.05, 0) is 31.1 Å². The number of rotatable bonds is 5. The lowest BCUT2D eigenvalue weighted by atomic mass is 9.89. The Morgan fingerprint density at radius 1 is 1.28 bits per heavy atom. The number of alkyl halides is 2. The number of carboxylic acid groups (broad SMARTS) is 1. The highest BCUT2D eigenvalue weighted by atomic mass is 19.3. The van der Waals surface area contributed by atoms with Gasteiger partial charge in [0, 0.05) is 0 Å². The molecule has 0 aromatic heterocycles. The molecule has 1 N–H and O–H groups in total. The summed E-state index contributed by atoms with van der Waals surface area (Å²) < 4.78 is 30.7. The first-order valence-corrected chi connectivity index (χ1v) is 6.13. The fourth-order valence-corrected chi connectivity index (χ4v) is 3.09. The van der Waals surface area contributed by atoms with Crippen LogP contribution in [-0.2, 0) is 14.3 Å². The van der Waals surface area contributed by atoms with Gasteiger partial charge in [-0.15, -0.1) is 0 Å². The van der Waals surface area contributed by atoms with Gasteiger partial charge in [-0.1, -0.05) is 6.42 Å². The molecule has 2 rings (SSSR count). The first-order chi connectivity index (χ1) is 8.37. The molecule has 3 unspecified atom stereocenters. The number of ether oxygens (including phenoxy) is 1. The van der Waals surface area contributed by atoms with Crippen LogP contribution in [0.15, 0.2) is 0 Å². The van der Waals surface area contributed by atoms with E-state index in [1.54, 1.807) is 0 Å². The SMILES string of the molecule is O=C(O)CC(F)(F)COC(=O)C1CC2CCC1C2. The van der Waals surface area contributed by atoms with Gasteiger partial charge in [0.05, 0.1) is 5.92 Å². The van der Waals surface area contributed by atoms with Crippen molar-refractivity contribution in [2.75, 3.05) is 6.61 Å². The topological polar surface area (TPSA) is 63.6 Å². The highest BCUT2D eigenvalue weighted by molar-refractivity contribution is 5.73. The maximum absolute atomic E-state index is 13.1. The predicted octanol–water partition coefficient (Wildman–Crippen LogP) is 2.08. The largest absolute Gasteiger partial charge is 0.481 e. The van der Waals surface area contributed by atoms with E-state index in [0.717, 1.165) is 25.7 Å². The summed E-state index contributed by atoms with van der Waals surface area (Å²) in [6.07, 6.45) is 2.50. The van der Waals surface area contributed by atoms with Gasteiger partial charge in [0.1, 0.15) is 6.42 Å². The van der Waals surface area contributed by atoms with Crippen LogP contribution in [0.4, 0.5) is 8.78 Å². The lowest BCUT2D eigenvalue weighted by molar-refractivity contribution is -0.167. The van der Waals surface area contributed by atoms with Crippen LogP contribution >= 0.6 is 0 Å². The van der Waals surface area contributed by atoms with Crippen molar-refractivity contribution >= 4 is 11.9 Å². The molecule has 2 fully saturated rings. The molecule has 3 atom stereocenters. The van der Waals surface area contributed by atoms with Crippen molar-refractivity contribution in [2.45, 2.75) is 38.0 Å². The molecule has 0 aromatic carbocycles. The fourth-order valence-electron chi connectivity index (χ4n) is 3.09. The second-order valence-electron chi connectivity index (χ2n) is 5.32. The Kier molecular flexibility index (Phi) is 3.54. The van der Waals surface area contributed by atoms with Crippen LogP contribution in [0.25, 0.3) is 0 Å². The molecule has 0 radical (unpaired) electrons. The van der Waals surface area contributed by atoms with E-state index in [-0.39, 0.29) is 11.8 Å². The molecule has 2 saturated carbocycles. The standard InChI is InChI=1S/C12H16F2O4/c13-12(14,5-10(15)16)6-18-11(17)9-4-7-1-2-8(9)3-7/h7-9H,1-6H2,(H,15,16). The molecule has 18 heavy (non-hydrogen) atoms. The maximum Gasteiger partial charge on any atom is 0.309 e. The van der Waals surface area contributed by atoms with Crippen molar-refractivity contribution in [2.24, 2.45) is 17.8 Å². The van der Waals surface area contributed by atoms with Crippen LogP contribution in [0, 0.1) is 17.8 Å². The number of esters is 1. The highest BCUT2D eigenvalue weighted by Crippen LogP contribution is 2.48. The highest BCUT2D eigenvalue weighted by Gasteiger charge is 2.45. The summed E-state index contributed by atoms with van der Waals surface area (Å²) in [5, 5.41) is 8.29. The molecular weight excluding hydrogens is 246 g/mol. The van der Waals surface area contributed by atoms with E-state index in [9.17, 15) is 18.4 Å². The Labute approximate surface area is 103 Å². The summed E-state index contributed by atoms with van der Waals surface area (Å²) in [6, 6.07) is 0. The molecule has 2 aliphatic carbocycles. The third-order valence-corrected chi connectivity index (χ3v) is 3.88. The average Bonchev–Trinajstić information content (AvgIpc) is 2.85. The van der Waals surface area contributed by atoms with Gasteiger partial charge in [0.2, 0.25) is 0 Å². The number of carboxylic acids is 1. The van der Waals surface area contributed by atoms with Crippen molar-refractivity contribution in [1.82, 2.24) is 0 Å². The lowest BCUT2D eigenvalue weighted by Gasteiger charge is -2.21. The zero-order valence-corrected chi connectivity index (χ0v) is 9.90. The summed E-state index contributed by atoms with van der Waals surface area (Å²) in [5.74, 6) is -5.13. The van der Waals surface area contributed by atoms with Gasteiger partial charge < -0.3 is 9.84 Å². The lowest BCUT2D eigenvalue weighted by Crippen LogP contribution is -2.32. The second-order valence-corrected chi connectivity index (χ2v) is 5.32. The van der Waals surface area contributed by atoms with Crippen molar-refractivity contribution in [3.05, 3.63) is 0 Å². The minimum absolute atomic E-state index is 0.260. The Bertz CT molecular complexity index is 356. The first-order valence-electron chi connectivity index (χ1n) is 6.13. The molecular formula is C12H16F2O4. The van der Waals surface area contributed by atoms with Crippen molar-refractivity contribution in [3.63, 3.8) is 0 Å². The van der Waals surface area contributed by atoms with Crippen LogP contribution in [0.5, 0.6) is 0 Å². The second kappa shape index (κ2) is 4.82. The number of hydrogen-bond donors (Lipinski definition) is 1. The Hall–Kier alpha value is -1.20. The van der Waals surface area contributed by atoms with Gasteiger partial charge in [-0.3, -0.25) is 9.59 Å². The minimum Gasteiger partial charge on any atom is -0.481 e. The molecule has 6 heteroatoms. The Morgan fingerprint density at radius 3 is 2.50 bits per heavy atom. The van der Waals surface area contributed by atoms with Crippen molar-refractivity contribution in [3.8, 4) is 0 Å². The number of carbonyl (C=O) groups is 2. The smallest absolute Gasteiger partial charge is 0.309 e. The van der Waals surface area contributed by atoms with E-state index >= 15 is 0 Å². The monoisotopic (exact) mass is 262 g/mol. The van der Waals surface area contributed by atoms with Gasteiger partial charge >= 0.3 is 11.9 Å². The number of aliphatic carboxylic acids is 1. The van der Waals surface area contributed by atoms with Crippen molar-refractivity contribution in [1.29, 1.82) is 0 Å². The molecule has 0 spiro atoms. The molecule has 2 aliphatic rings. The fraction of sp³-hybridized carbons (Fsp3) is 0.833. The first kappa shape index (κ1) is 13.2. The number of carbonyl (C=O) groups excluding carboxylic acids is 1. The van der Waals surface area contributed by atoms with Crippen LogP contribution in [0.1, 0.15) is 32.1 Å². The third kappa shape index (κ3) is 2.97. The zero-order valence-electron chi connectivity index (χ0n) is 9.90. The quantitative estimate of drug-likeness (QED) is 0.770. The van der Waals surface area contributed by atoms with Crippen molar-refractivity contribution < 1.29 is 28.2 Å². The predicted molar refractivity (Wildman–Crippen MR) is 57.1 cm³/mol. The summed E-state index contributed by atoms with van der Waals surface area (Å²) in [6.45, 7) is -1.13. The van der Waals surface area contributed by atoms with E-state index < -0.39 is 30.9 Å². The molecule has 0 heterocycles. The van der Waals surface area contributed by atoms with Crippen LogP contribution < -0.4 is 0 Å². The van der Waals surface area contributed by atoms with Crippen LogP contribution in [0.2, 0.25) is 0 Å². The molecule has 102 valence electrons. The Balaban J connectivity index is 1.80. The summed E-state index contributed by atoms with van der Waals surface area (Å²) in [7, 11) is 0. The maximum atomic E-state index is 13.1. The number of halogens is 2. The normalized spacial score (nSPS) is 30.4. The molecule has 4 nitrogen and oxygen atoms in total. The summed E-state index contributed by atoms with van der Waals surface area (Å²) in [5.41, 5.74) is 0. The van der Waals surface area contributed by atoms with E-state index in [1.807, 2.05) is 0 Å². The third-order valence-electron chi connectivity index (χ3n) is 3.88. The number of hydrogen-bond acceptors (Lipinski definition) is 3. The van der Waals surface area contributed by atoms with Gasteiger partial charge in [-0.25, -0.2) is 8.78 Å². The Morgan fingerprint density at radius 2 is 2.00 bits per heavy atom. The average molecular weight is 262 g/mol. The van der Waals surface area contributed by atoms with Gasteiger partial charge in [0.25, 0.3) is 5.92 Å². The van der Waals surface area contributed by atoms with E-state index in [0.29, 0.717) is 5.92 Å². The minimum atomic E-state index is -3.49. The van der Waals surface area contributed by atoms with Crippen LogP contribution in [0.3, 0.4) is 0 Å². The molecule has 0 aromatic rings. The molecule has 2 bridgehead atoms. The summed E-state index contributed by atoms with van der Waals surface area (Å²) >= 11 is 0.